The van der Waals surface area contributed by atoms with Crippen LogP contribution in [-0.4, -0.2) is 6.54 Å². The van der Waals surface area contributed by atoms with Gasteiger partial charge in [-0.15, -0.1) is 0 Å². The first-order valence-corrected chi connectivity index (χ1v) is 12.8. The molecule has 0 saturated heterocycles. The van der Waals surface area contributed by atoms with Crippen LogP contribution in [-0.2, 0) is 6.42 Å². The van der Waals surface area contributed by atoms with Crippen molar-refractivity contribution in [3.8, 4) is 11.1 Å². The quantitative estimate of drug-likeness (QED) is 0.234. The van der Waals surface area contributed by atoms with Crippen LogP contribution < -0.4 is 5.32 Å². The molecule has 1 N–H and O–H groups in total. The van der Waals surface area contributed by atoms with E-state index in [1.165, 1.54) is 118 Å². The summed E-state index contributed by atoms with van der Waals surface area (Å²) in [4.78, 5) is 0. The molecule has 2 aromatic rings. The van der Waals surface area contributed by atoms with E-state index < -0.39 is 0 Å². The van der Waals surface area contributed by atoms with Crippen LogP contribution in [0.25, 0.3) is 11.1 Å². The molecule has 0 amide bonds. The number of unbranched alkanes of at least 4 members (excludes halogenated alkanes) is 13. The molecule has 1 aliphatic rings. The monoisotopic (exact) mass is 405 g/mol. The van der Waals surface area contributed by atoms with E-state index in [-0.39, 0.29) is 0 Å². The summed E-state index contributed by atoms with van der Waals surface area (Å²) >= 11 is 0. The molecule has 0 aromatic heterocycles. The van der Waals surface area contributed by atoms with Gasteiger partial charge in [-0.3, -0.25) is 0 Å². The van der Waals surface area contributed by atoms with E-state index in [1.807, 2.05) is 0 Å². The van der Waals surface area contributed by atoms with E-state index in [0.29, 0.717) is 0 Å². The van der Waals surface area contributed by atoms with Crippen molar-refractivity contribution >= 4 is 5.69 Å². The lowest BCUT2D eigenvalue weighted by Crippen LogP contribution is -2.04. The van der Waals surface area contributed by atoms with E-state index in [2.05, 4.69) is 54.7 Å². The van der Waals surface area contributed by atoms with Crippen molar-refractivity contribution in [3.05, 3.63) is 53.6 Å². The minimum atomic E-state index is 1.08. The molecule has 0 radical (unpaired) electrons. The van der Waals surface area contributed by atoms with E-state index in [0.717, 1.165) is 13.0 Å². The maximum absolute atomic E-state index is 3.72. The van der Waals surface area contributed by atoms with Gasteiger partial charge >= 0.3 is 0 Å². The molecule has 0 fully saturated rings. The van der Waals surface area contributed by atoms with Crippen LogP contribution in [0.1, 0.15) is 108 Å². The molecule has 2 aromatic carbocycles. The Balaban J connectivity index is 1.19. The third kappa shape index (κ3) is 7.18. The predicted molar refractivity (Wildman–Crippen MR) is 133 cm³/mol. The summed E-state index contributed by atoms with van der Waals surface area (Å²) in [5.74, 6) is 0. The number of hydrogen-bond acceptors (Lipinski definition) is 1. The summed E-state index contributed by atoms with van der Waals surface area (Å²) in [6.07, 6.45) is 21.0. The second kappa shape index (κ2) is 13.5. The Labute approximate surface area is 185 Å². The second-order valence-electron chi connectivity index (χ2n) is 9.19. The fourth-order valence-electron chi connectivity index (χ4n) is 4.87. The van der Waals surface area contributed by atoms with Gasteiger partial charge in [0.15, 0.2) is 0 Å². The minimum Gasteiger partial charge on any atom is -0.385 e. The van der Waals surface area contributed by atoms with Gasteiger partial charge in [-0.05, 0) is 34.7 Å². The van der Waals surface area contributed by atoms with Crippen LogP contribution in [0.5, 0.6) is 0 Å². The van der Waals surface area contributed by atoms with Gasteiger partial charge in [0.05, 0.1) is 0 Å². The Hall–Kier alpha value is -1.76. The van der Waals surface area contributed by atoms with E-state index in [9.17, 15) is 0 Å². The average Bonchev–Trinajstić information content (AvgIpc) is 3.16. The molecule has 0 saturated carbocycles. The largest absolute Gasteiger partial charge is 0.385 e. The molecule has 0 spiro atoms. The SMILES string of the molecule is CCCCCCCCCCCCCCCCNc1cccc2c1Cc1ccccc1-2. The highest BCUT2D eigenvalue weighted by Crippen LogP contribution is 2.39. The highest BCUT2D eigenvalue weighted by molar-refractivity contribution is 5.81. The molecule has 1 heteroatoms. The zero-order valence-corrected chi connectivity index (χ0v) is 19.4. The second-order valence-corrected chi connectivity index (χ2v) is 9.19. The first-order valence-electron chi connectivity index (χ1n) is 12.8. The molecule has 0 atom stereocenters. The predicted octanol–water partition coefficient (Wildman–Crippen LogP) is 9.15. The van der Waals surface area contributed by atoms with Crippen LogP contribution >= 0.6 is 0 Å². The van der Waals surface area contributed by atoms with Gasteiger partial charge in [0.1, 0.15) is 0 Å². The molecule has 0 bridgehead atoms. The Morgan fingerprint density at radius 1 is 0.600 bits per heavy atom. The summed E-state index contributed by atoms with van der Waals surface area (Å²) in [5.41, 5.74) is 7.16. The van der Waals surface area contributed by atoms with Crippen molar-refractivity contribution < 1.29 is 0 Å². The summed E-state index contributed by atoms with van der Waals surface area (Å²) in [5, 5.41) is 3.72. The first kappa shape index (κ1) is 22.9. The lowest BCUT2D eigenvalue weighted by molar-refractivity contribution is 0.537. The van der Waals surface area contributed by atoms with Gasteiger partial charge in [-0.1, -0.05) is 127 Å². The van der Waals surface area contributed by atoms with Crippen LogP contribution in [0.3, 0.4) is 0 Å². The lowest BCUT2D eigenvalue weighted by atomic mass is 10.0. The Morgan fingerprint density at radius 2 is 1.17 bits per heavy atom. The van der Waals surface area contributed by atoms with Gasteiger partial charge in [0.2, 0.25) is 0 Å². The van der Waals surface area contributed by atoms with Crippen molar-refractivity contribution in [1.82, 2.24) is 0 Å². The Bertz CT molecular complexity index is 733. The normalized spacial score (nSPS) is 12.0. The van der Waals surface area contributed by atoms with Gasteiger partial charge in [0.25, 0.3) is 0 Å². The molecule has 3 rings (SSSR count). The maximum atomic E-state index is 3.72. The Morgan fingerprint density at radius 3 is 1.83 bits per heavy atom. The molecule has 30 heavy (non-hydrogen) atoms. The van der Waals surface area contributed by atoms with E-state index >= 15 is 0 Å². The van der Waals surface area contributed by atoms with Crippen LogP contribution in [0, 0.1) is 0 Å². The lowest BCUT2D eigenvalue weighted by Gasteiger charge is -2.11. The zero-order chi connectivity index (χ0) is 20.9. The van der Waals surface area contributed by atoms with Crippen LogP contribution in [0.2, 0.25) is 0 Å². The van der Waals surface area contributed by atoms with Crippen molar-refractivity contribution in [2.75, 3.05) is 11.9 Å². The standard InChI is InChI=1S/C29H43N/c1-2-3-4-5-6-7-8-9-10-11-12-13-14-17-23-30-29-22-18-21-27-26-20-16-15-19-25(26)24-28(27)29/h15-16,18-22,30H,2-14,17,23-24H2,1H3. The van der Waals surface area contributed by atoms with Gasteiger partial charge < -0.3 is 5.32 Å². The van der Waals surface area contributed by atoms with E-state index in [4.69, 9.17) is 0 Å². The van der Waals surface area contributed by atoms with Crippen molar-refractivity contribution in [3.63, 3.8) is 0 Å². The number of nitrogens with one attached hydrogen (secondary N) is 1. The number of hydrogen-bond donors (Lipinski definition) is 1. The van der Waals surface area contributed by atoms with Gasteiger partial charge in [-0.2, -0.15) is 0 Å². The molecular weight excluding hydrogens is 362 g/mol. The molecule has 0 heterocycles. The Kier molecular flexibility index (Phi) is 10.3. The maximum Gasteiger partial charge on any atom is 0.0382 e. The van der Waals surface area contributed by atoms with Gasteiger partial charge in [0, 0.05) is 18.7 Å². The topological polar surface area (TPSA) is 12.0 Å². The number of rotatable bonds is 16. The fourth-order valence-corrected chi connectivity index (χ4v) is 4.87. The molecule has 0 aliphatic heterocycles. The number of benzene rings is 2. The van der Waals surface area contributed by atoms with Gasteiger partial charge in [-0.25, -0.2) is 0 Å². The highest BCUT2D eigenvalue weighted by Gasteiger charge is 2.19. The molecule has 0 unspecified atom stereocenters. The number of fused-ring (bicyclic) bond motifs is 3. The smallest absolute Gasteiger partial charge is 0.0382 e. The first-order chi connectivity index (χ1) is 14.9. The summed E-state index contributed by atoms with van der Waals surface area (Å²) in [6, 6.07) is 15.6. The van der Waals surface area contributed by atoms with Crippen molar-refractivity contribution in [2.24, 2.45) is 0 Å². The van der Waals surface area contributed by atoms with E-state index in [1.54, 1.807) is 0 Å². The number of anilines is 1. The van der Waals surface area contributed by atoms with Crippen LogP contribution in [0.4, 0.5) is 5.69 Å². The fraction of sp³-hybridized carbons (Fsp3) is 0.586. The summed E-state index contributed by atoms with van der Waals surface area (Å²) < 4.78 is 0. The van der Waals surface area contributed by atoms with Crippen molar-refractivity contribution in [1.29, 1.82) is 0 Å². The molecular formula is C29H43N. The molecule has 1 aliphatic carbocycles. The molecule has 164 valence electrons. The third-order valence-corrected chi connectivity index (χ3v) is 6.70. The van der Waals surface area contributed by atoms with Crippen LogP contribution in [0.15, 0.2) is 42.5 Å². The minimum absolute atomic E-state index is 1.08. The third-order valence-electron chi connectivity index (χ3n) is 6.70. The summed E-state index contributed by atoms with van der Waals surface area (Å²) in [7, 11) is 0. The summed E-state index contributed by atoms with van der Waals surface area (Å²) in [6.45, 7) is 3.40. The highest BCUT2D eigenvalue weighted by atomic mass is 14.9. The zero-order valence-electron chi connectivity index (χ0n) is 19.4. The van der Waals surface area contributed by atoms with Crippen molar-refractivity contribution in [2.45, 2.75) is 103 Å². The molecule has 1 nitrogen and oxygen atoms in total. The average molecular weight is 406 g/mol.